The number of β-amino-alcohol motifs (C(OH)–C–C–N with tert-alkyl or cyclic N) is 1. The standard InChI is InChI=1S/C9H12N2O2S/c1-5-8(14-6(2)10-5)9(13)11-3-7(12)4-11/h7,12H,3-4H2,1-2H3. The van der Waals surface area contributed by atoms with Gasteiger partial charge in [0, 0.05) is 13.1 Å². The normalized spacial score (nSPS) is 16.9. The maximum Gasteiger partial charge on any atom is 0.266 e. The van der Waals surface area contributed by atoms with Gasteiger partial charge in [0.05, 0.1) is 16.8 Å². The van der Waals surface area contributed by atoms with E-state index in [1.807, 2.05) is 13.8 Å². The molecule has 1 aliphatic rings. The molecule has 1 aromatic heterocycles. The van der Waals surface area contributed by atoms with Crippen LogP contribution < -0.4 is 0 Å². The topological polar surface area (TPSA) is 53.4 Å². The third-order valence-corrected chi connectivity index (χ3v) is 3.31. The Hall–Kier alpha value is -0.940. The molecule has 4 nitrogen and oxygen atoms in total. The highest BCUT2D eigenvalue weighted by atomic mass is 32.1. The number of nitrogens with zero attached hydrogens (tertiary/aromatic N) is 2. The molecular weight excluding hydrogens is 200 g/mol. The largest absolute Gasteiger partial charge is 0.389 e. The zero-order valence-electron chi connectivity index (χ0n) is 8.15. The second-order valence-electron chi connectivity index (χ2n) is 3.51. The summed E-state index contributed by atoms with van der Waals surface area (Å²) in [4.78, 5) is 18.3. The van der Waals surface area contributed by atoms with Gasteiger partial charge in [0.25, 0.3) is 5.91 Å². The molecule has 76 valence electrons. The molecule has 1 saturated heterocycles. The second kappa shape index (κ2) is 3.33. The summed E-state index contributed by atoms with van der Waals surface area (Å²) in [5.41, 5.74) is 0.791. The molecule has 0 saturated carbocycles. The molecule has 1 amide bonds. The molecule has 0 bridgehead atoms. The lowest BCUT2D eigenvalue weighted by molar-refractivity contribution is 0.00616. The average Bonchev–Trinajstić information content (AvgIpc) is 2.39. The second-order valence-corrected chi connectivity index (χ2v) is 4.71. The van der Waals surface area contributed by atoms with Crippen LogP contribution in [0.5, 0.6) is 0 Å². The van der Waals surface area contributed by atoms with Gasteiger partial charge in [-0.15, -0.1) is 11.3 Å². The van der Waals surface area contributed by atoms with Crippen molar-refractivity contribution in [1.29, 1.82) is 0 Å². The molecule has 1 aromatic rings. The minimum atomic E-state index is -0.340. The van der Waals surface area contributed by atoms with Crippen molar-refractivity contribution in [3.63, 3.8) is 0 Å². The monoisotopic (exact) mass is 212 g/mol. The number of aliphatic hydroxyl groups excluding tert-OH is 1. The van der Waals surface area contributed by atoms with Gasteiger partial charge < -0.3 is 10.0 Å². The van der Waals surface area contributed by atoms with Gasteiger partial charge in [0.2, 0.25) is 0 Å². The first kappa shape index (κ1) is 9.61. The van der Waals surface area contributed by atoms with Crippen molar-refractivity contribution in [2.45, 2.75) is 20.0 Å². The maximum absolute atomic E-state index is 11.8. The van der Waals surface area contributed by atoms with Gasteiger partial charge in [0.1, 0.15) is 4.88 Å². The molecule has 1 aliphatic heterocycles. The lowest BCUT2D eigenvalue weighted by Gasteiger charge is -2.35. The predicted molar refractivity (Wildman–Crippen MR) is 53.5 cm³/mol. The number of likely N-dealkylation sites (tertiary alicyclic amines) is 1. The van der Waals surface area contributed by atoms with Crippen LogP contribution in [0, 0.1) is 13.8 Å². The van der Waals surface area contributed by atoms with E-state index in [-0.39, 0.29) is 12.0 Å². The summed E-state index contributed by atoms with van der Waals surface area (Å²) < 4.78 is 0. The molecule has 1 fully saturated rings. The SMILES string of the molecule is Cc1nc(C)c(C(=O)N2CC(O)C2)s1. The van der Waals surface area contributed by atoms with Gasteiger partial charge in [-0.1, -0.05) is 0 Å². The third-order valence-electron chi connectivity index (χ3n) is 2.25. The quantitative estimate of drug-likeness (QED) is 0.740. The molecule has 2 heterocycles. The third kappa shape index (κ3) is 1.53. The van der Waals surface area contributed by atoms with Gasteiger partial charge in [0.15, 0.2) is 0 Å². The zero-order valence-corrected chi connectivity index (χ0v) is 8.97. The number of hydrogen-bond donors (Lipinski definition) is 1. The summed E-state index contributed by atoms with van der Waals surface area (Å²) in [6.07, 6.45) is -0.340. The minimum Gasteiger partial charge on any atom is -0.389 e. The number of aryl methyl sites for hydroxylation is 2. The van der Waals surface area contributed by atoms with Crippen molar-refractivity contribution in [1.82, 2.24) is 9.88 Å². The van der Waals surface area contributed by atoms with Gasteiger partial charge in [-0.3, -0.25) is 4.79 Å². The van der Waals surface area contributed by atoms with Gasteiger partial charge in [-0.05, 0) is 13.8 Å². The van der Waals surface area contributed by atoms with Crippen LogP contribution in [0.3, 0.4) is 0 Å². The Morgan fingerprint density at radius 1 is 1.57 bits per heavy atom. The van der Waals surface area contributed by atoms with Crippen molar-refractivity contribution >= 4 is 17.2 Å². The van der Waals surface area contributed by atoms with Crippen LogP contribution in [0.15, 0.2) is 0 Å². The Bertz CT molecular complexity index is 369. The Kier molecular flexibility index (Phi) is 2.28. The number of aliphatic hydroxyl groups is 1. The number of carbonyl (C=O) groups is 1. The highest BCUT2D eigenvalue weighted by Crippen LogP contribution is 2.21. The number of aromatic nitrogens is 1. The van der Waals surface area contributed by atoms with Gasteiger partial charge in [-0.2, -0.15) is 0 Å². The zero-order chi connectivity index (χ0) is 10.3. The summed E-state index contributed by atoms with van der Waals surface area (Å²) in [5.74, 6) is -0.00148. The molecule has 2 rings (SSSR count). The Morgan fingerprint density at radius 2 is 2.21 bits per heavy atom. The van der Waals surface area contributed by atoms with Crippen LogP contribution in [0.25, 0.3) is 0 Å². The highest BCUT2D eigenvalue weighted by molar-refractivity contribution is 7.13. The molecule has 0 atom stereocenters. The number of amides is 1. The maximum atomic E-state index is 11.8. The highest BCUT2D eigenvalue weighted by Gasteiger charge is 2.31. The molecule has 0 aromatic carbocycles. The molecular formula is C9H12N2O2S. The van der Waals surface area contributed by atoms with Crippen LogP contribution in [-0.4, -0.2) is 40.1 Å². The minimum absolute atomic E-state index is 0.00148. The first-order valence-corrected chi connectivity index (χ1v) is 5.31. The van der Waals surface area contributed by atoms with E-state index in [2.05, 4.69) is 4.98 Å². The molecule has 0 spiro atoms. The van der Waals surface area contributed by atoms with Crippen molar-refractivity contribution in [2.75, 3.05) is 13.1 Å². The molecule has 1 N–H and O–H groups in total. The van der Waals surface area contributed by atoms with E-state index in [9.17, 15) is 4.79 Å². The fraction of sp³-hybridized carbons (Fsp3) is 0.556. The summed E-state index contributed by atoms with van der Waals surface area (Å²) in [6.45, 7) is 4.64. The first-order valence-electron chi connectivity index (χ1n) is 4.49. The van der Waals surface area contributed by atoms with Gasteiger partial charge >= 0.3 is 0 Å². The Balaban J connectivity index is 2.15. The molecule has 0 aliphatic carbocycles. The van der Waals surface area contributed by atoms with Crippen LogP contribution in [0.4, 0.5) is 0 Å². The number of rotatable bonds is 1. The summed E-state index contributed by atoms with van der Waals surface area (Å²) in [6, 6.07) is 0. The summed E-state index contributed by atoms with van der Waals surface area (Å²) in [5, 5.41) is 9.99. The molecule has 0 unspecified atom stereocenters. The number of thiazole rings is 1. The van der Waals surface area contributed by atoms with Crippen molar-refractivity contribution < 1.29 is 9.90 Å². The van der Waals surface area contributed by atoms with Crippen LogP contribution in [0.2, 0.25) is 0 Å². The van der Waals surface area contributed by atoms with E-state index in [1.165, 1.54) is 11.3 Å². The molecule has 0 radical (unpaired) electrons. The lowest BCUT2D eigenvalue weighted by Crippen LogP contribution is -2.53. The summed E-state index contributed by atoms with van der Waals surface area (Å²) in [7, 11) is 0. The number of hydrogen-bond acceptors (Lipinski definition) is 4. The molecule has 5 heteroatoms. The van der Waals surface area contributed by atoms with Crippen LogP contribution >= 0.6 is 11.3 Å². The van der Waals surface area contributed by atoms with Crippen LogP contribution in [-0.2, 0) is 0 Å². The first-order chi connectivity index (χ1) is 6.58. The van der Waals surface area contributed by atoms with E-state index in [0.29, 0.717) is 18.0 Å². The number of carbonyl (C=O) groups excluding carboxylic acids is 1. The van der Waals surface area contributed by atoms with Crippen molar-refractivity contribution in [2.24, 2.45) is 0 Å². The lowest BCUT2D eigenvalue weighted by atomic mass is 10.1. The van der Waals surface area contributed by atoms with E-state index >= 15 is 0 Å². The van der Waals surface area contributed by atoms with Crippen molar-refractivity contribution in [3.05, 3.63) is 15.6 Å². The van der Waals surface area contributed by atoms with Crippen molar-refractivity contribution in [3.8, 4) is 0 Å². The Labute approximate surface area is 86.2 Å². The van der Waals surface area contributed by atoms with E-state index < -0.39 is 0 Å². The van der Waals surface area contributed by atoms with E-state index in [1.54, 1.807) is 4.90 Å². The van der Waals surface area contributed by atoms with E-state index in [4.69, 9.17) is 5.11 Å². The predicted octanol–water partition coefficient (Wildman–Crippen LogP) is 0.577. The smallest absolute Gasteiger partial charge is 0.266 e. The summed E-state index contributed by atoms with van der Waals surface area (Å²) >= 11 is 1.42. The fourth-order valence-corrected chi connectivity index (χ4v) is 2.38. The van der Waals surface area contributed by atoms with Crippen LogP contribution in [0.1, 0.15) is 20.4 Å². The van der Waals surface area contributed by atoms with E-state index in [0.717, 1.165) is 10.7 Å². The molecule has 14 heavy (non-hydrogen) atoms. The average molecular weight is 212 g/mol. The fourth-order valence-electron chi connectivity index (χ4n) is 1.49. The Morgan fingerprint density at radius 3 is 2.64 bits per heavy atom. The van der Waals surface area contributed by atoms with Gasteiger partial charge in [-0.25, -0.2) is 4.98 Å².